The van der Waals surface area contributed by atoms with Crippen molar-refractivity contribution >= 4 is 23.3 Å². The number of amides is 1. The Labute approximate surface area is 161 Å². The van der Waals surface area contributed by atoms with Crippen LogP contribution < -0.4 is 4.90 Å². The predicted octanol–water partition coefficient (Wildman–Crippen LogP) is 3.68. The van der Waals surface area contributed by atoms with E-state index in [2.05, 4.69) is 4.98 Å². The lowest BCUT2D eigenvalue weighted by atomic mass is 9.92. The van der Waals surface area contributed by atoms with Crippen LogP contribution in [0.25, 0.3) is 0 Å². The molecular weight excluding hydrogens is 372 g/mol. The molecule has 1 amide bonds. The van der Waals surface area contributed by atoms with E-state index in [0.29, 0.717) is 24.8 Å². The second kappa shape index (κ2) is 7.43. The Bertz CT molecular complexity index is 843. The molecule has 7 heteroatoms. The molecule has 1 aromatic carbocycles. The van der Waals surface area contributed by atoms with Crippen LogP contribution in [0.3, 0.4) is 0 Å². The molecule has 142 valence electrons. The lowest BCUT2D eigenvalue weighted by Crippen LogP contribution is -2.50. The van der Waals surface area contributed by atoms with Gasteiger partial charge in [-0.15, -0.1) is 0 Å². The summed E-state index contributed by atoms with van der Waals surface area (Å²) in [4.78, 5) is 20.7. The first kappa shape index (κ1) is 18.2. The minimum absolute atomic E-state index is 0.0156. The number of piperidine rings is 1. The molecule has 0 spiro atoms. The molecule has 2 saturated heterocycles. The summed E-state index contributed by atoms with van der Waals surface area (Å²) in [6.45, 7) is 1.89. The van der Waals surface area contributed by atoms with Crippen LogP contribution in [0.4, 0.5) is 14.6 Å². The van der Waals surface area contributed by atoms with Crippen molar-refractivity contribution in [1.82, 2.24) is 9.88 Å². The van der Waals surface area contributed by atoms with Crippen LogP contribution in [0.5, 0.6) is 0 Å². The second-order valence-corrected chi connectivity index (χ2v) is 7.53. The summed E-state index contributed by atoms with van der Waals surface area (Å²) in [5, 5.41) is 0.264. The molecule has 4 nitrogen and oxygen atoms in total. The molecule has 0 radical (unpaired) electrons. The molecule has 2 aliphatic rings. The van der Waals surface area contributed by atoms with Gasteiger partial charge in [0.15, 0.2) is 11.6 Å². The Morgan fingerprint density at radius 2 is 1.93 bits per heavy atom. The van der Waals surface area contributed by atoms with Crippen molar-refractivity contribution in [2.24, 2.45) is 5.92 Å². The Balaban J connectivity index is 1.51. The van der Waals surface area contributed by atoms with Crippen LogP contribution in [0.1, 0.15) is 18.4 Å². The Morgan fingerprint density at radius 3 is 2.70 bits per heavy atom. The number of halogens is 3. The largest absolute Gasteiger partial charge is 0.352 e. The van der Waals surface area contributed by atoms with Crippen LogP contribution in [0.15, 0.2) is 36.5 Å². The molecular formula is C20H20ClF2N3O. The molecule has 0 saturated carbocycles. The lowest BCUT2D eigenvalue weighted by Gasteiger charge is -2.39. The Morgan fingerprint density at radius 1 is 1.15 bits per heavy atom. The van der Waals surface area contributed by atoms with Crippen molar-refractivity contribution in [2.45, 2.75) is 25.3 Å². The van der Waals surface area contributed by atoms with E-state index in [1.165, 1.54) is 18.2 Å². The number of pyridine rings is 1. The first-order chi connectivity index (χ1) is 13.0. The second-order valence-electron chi connectivity index (χ2n) is 7.12. The summed E-state index contributed by atoms with van der Waals surface area (Å²) in [5.41, 5.74) is 0.232. The van der Waals surface area contributed by atoms with Gasteiger partial charge in [-0.25, -0.2) is 13.8 Å². The molecule has 4 rings (SSSR count). The zero-order chi connectivity index (χ0) is 19.0. The first-order valence-corrected chi connectivity index (χ1v) is 9.50. The van der Waals surface area contributed by atoms with Gasteiger partial charge in [-0.3, -0.25) is 4.79 Å². The highest BCUT2D eigenvalue weighted by Gasteiger charge is 2.41. The summed E-state index contributed by atoms with van der Waals surface area (Å²) in [5.74, 6) is -0.254. The number of fused-ring (bicyclic) bond motifs is 1. The molecule has 2 aliphatic heterocycles. The number of benzene rings is 1. The minimum Gasteiger partial charge on any atom is -0.352 e. The van der Waals surface area contributed by atoms with Gasteiger partial charge >= 0.3 is 0 Å². The maximum atomic E-state index is 14.1. The van der Waals surface area contributed by atoms with Crippen LogP contribution in [-0.4, -0.2) is 41.5 Å². The Hall–Kier alpha value is -2.21. The maximum Gasteiger partial charge on any atom is 0.227 e. The number of carbonyl (C=O) groups is 1. The van der Waals surface area contributed by atoms with E-state index in [1.807, 2.05) is 4.90 Å². The van der Waals surface area contributed by atoms with E-state index in [-0.39, 0.29) is 34.8 Å². The fraction of sp³-hybridized carbons (Fsp3) is 0.400. The van der Waals surface area contributed by atoms with Gasteiger partial charge in [-0.05, 0) is 43.0 Å². The van der Waals surface area contributed by atoms with Crippen molar-refractivity contribution in [3.63, 3.8) is 0 Å². The smallest absolute Gasteiger partial charge is 0.227 e. The van der Waals surface area contributed by atoms with Gasteiger partial charge in [0.25, 0.3) is 0 Å². The number of aromatic nitrogens is 1. The monoisotopic (exact) mass is 391 g/mol. The van der Waals surface area contributed by atoms with Crippen molar-refractivity contribution < 1.29 is 13.6 Å². The fourth-order valence-corrected chi connectivity index (χ4v) is 4.44. The van der Waals surface area contributed by atoms with E-state index in [1.54, 1.807) is 23.2 Å². The number of hydrogen-bond donors (Lipinski definition) is 0. The highest BCUT2D eigenvalue weighted by molar-refractivity contribution is 6.31. The molecule has 3 heterocycles. The number of nitrogens with zero attached hydrogens (tertiary/aromatic N) is 3. The van der Waals surface area contributed by atoms with E-state index in [9.17, 15) is 13.6 Å². The van der Waals surface area contributed by atoms with E-state index in [4.69, 9.17) is 11.6 Å². The zero-order valence-electron chi connectivity index (χ0n) is 14.7. The van der Waals surface area contributed by atoms with Gasteiger partial charge in [0, 0.05) is 36.4 Å². The van der Waals surface area contributed by atoms with Crippen molar-refractivity contribution in [1.29, 1.82) is 0 Å². The summed E-state index contributed by atoms with van der Waals surface area (Å²) in [6, 6.07) is 7.37. The first-order valence-electron chi connectivity index (χ1n) is 9.12. The number of carbonyl (C=O) groups excluding carboxylic acids is 1. The van der Waals surface area contributed by atoms with Crippen LogP contribution in [-0.2, 0) is 11.2 Å². The Kier molecular flexibility index (Phi) is 5.00. The highest BCUT2D eigenvalue weighted by atomic mass is 35.5. The van der Waals surface area contributed by atoms with Gasteiger partial charge < -0.3 is 9.80 Å². The predicted molar refractivity (Wildman–Crippen MR) is 99.7 cm³/mol. The van der Waals surface area contributed by atoms with Gasteiger partial charge in [-0.2, -0.15) is 0 Å². The van der Waals surface area contributed by atoms with Gasteiger partial charge in [0.05, 0.1) is 12.5 Å². The van der Waals surface area contributed by atoms with Gasteiger partial charge in [0.2, 0.25) is 5.91 Å². The van der Waals surface area contributed by atoms with E-state index in [0.717, 1.165) is 19.4 Å². The maximum absolute atomic E-state index is 14.1. The molecule has 27 heavy (non-hydrogen) atoms. The molecule has 2 fully saturated rings. The quantitative estimate of drug-likeness (QED) is 0.800. The number of likely N-dealkylation sites (tertiary alicyclic amines) is 1. The minimum atomic E-state index is -0.465. The topological polar surface area (TPSA) is 36.4 Å². The van der Waals surface area contributed by atoms with Gasteiger partial charge in [0.1, 0.15) is 5.82 Å². The SMILES string of the molecule is O=C(Cc1c(F)cccc1Cl)N1CCC2CCN(c3ncccc3F)CC21. The van der Waals surface area contributed by atoms with Crippen LogP contribution in [0, 0.1) is 17.6 Å². The van der Waals surface area contributed by atoms with Crippen LogP contribution >= 0.6 is 11.6 Å². The summed E-state index contributed by atoms with van der Waals surface area (Å²) in [6.07, 6.45) is 3.31. The van der Waals surface area contributed by atoms with Crippen molar-refractivity contribution in [3.8, 4) is 0 Å². The lowest BCUT2D eigenvalue weighted by molar-refractivity contribution is -0.131. The molecule has 0 aliphatic carbocycles. The number of hydrogen-bond acceptors (Lipinski definition) is 3. The van der Waals surface area contributed by atoms with Crippen molar-refractivity contribution in [3.05, 3.63) is 58.7 Å². The highest BCUT2D eigenvalue weighted by Crippen LogP contribution is 2.34. The van der Waals surface area contributed by atoms with Gasteiger partial charge in [-0.1, -0.05) is 17.7 Å². The third-order valence-corrected chi connectivity index (χ3v) is 5.97. The standard InChI is InChI=1S/C20H20ClF2N3O/c21-15-3-1-4-16(22)14(15)11-19(27)26-10-7-13-6-9-25(12-18(13)26)20-17(23)5-2-8-24-20/h1-5,8,13,18H,6-7,9-12H2. The van der Waals surface area contributed by atoms with Crippen molar-refractivity contribution in [2.75, 3.05) is 24.5 Å². The third-order valence-electron chi connectivity index (χ3n) is 5.61. The molecule has 2 atom stereocenters. The normalized spacial score (nSPS) is 22.0. The summed E-state index contributed by atoms with van der Waals surface area (Å²) >= 11 is 6.07. The van der Waals surface area contributed by atoms with E-state index >= 15 is 0 Å². The average Bonchev–Trinajstić information content (AvgIpc) is 3.08. The van der Waals surface area contributed by atoms with E-state index < -0.39 is 5.82 Å². The van der Waals surface area contributed by atoms with Crippen LogP contribution in [0.2, 0.25) is 5.02 Å². The number of rotatable bonds is 3. The molecule has 1 aromatic heterocycles. The molecule has 0 bridgehead atoms. The molecule has 2 unspecified atom stereocenters. The molecule has 2 aromatic rings. The third kappa shape index (κ3) is 3.50. The average molecular weight is 392 g/mol. The number of anilines is 1. The molecule has 0 N–H and O–H groups in total. The zero-order valence-corrected chi connectivity index (χ0v) is 15.5. The fourth-order valence-electron chi connectivity index (χ4n) is 4.21. The summed E-state index contributed by atoms with van der Waals surface area (Å²) < 4.78 is 28.2. The summed E-state index contributed by atoms with van der Waals surface area (Å²) in [7, 11) is 0.